The number of nitrogens with zero attached hydrogens (tertiary/aromatic N) is 4. The summed E-state index contributed by atoms with van der Waals surface area (Å²) in [6, 6.07) is 9.76. The van der Waals surface area contributed by atoms with Gasteiger partial charge in [0.05, 0.1) is 12.1 Å². The summed E-state index contributed by atoms with van der Waals surface area (Å²) < 4.78 is 1.78. The van der Waals surface area contributed by atoms with Gasteiger partial charge in [0.25, 0.3) is 0 Å². The molecule has 3 aromatic rings. The van der Waals surface area contributed by atoms with E-state index >= 15 is 0 Å². The second kappa shape index (κ2) is 4.90. The number of anilines is 1. The minimum atomic E-state index is -0.637. The average molecular weight is 269 g/mol. The Morgan fingerprint density at radius 2 is 2.10 bits per heavy atom. The average Bonchev–Trinajstić information content (AvgIpc) is 2.98. The predicted molar refractivity (Wildman–Crippen MR) is 75.3 cm³/mol. The monoisotopic (exact) mass is 269 g/mol. The van der Waals surface area contributed by atoms with Crippen LogP contribution in [0.3, 0.4) is 0 Å². The molecule has 3 rings (SSSR count). The summed E-state index contributed by atoms with van der Waals surface area (Å²) in [5.74, 6) is 0.588. The summed E-state index contributed by atoms with van der Waals surface area (Å²) >= 11 is 0. The Bertz CT molecular complexity index is 712. The van der Waals surface area contributed by atoms with Crippen LogP contribution >= 0.6 is 0 Å². The second-order valence-electron chi connectivity index (χ2n) is 4.82. The van der Waals surface area contributed by atoms with E-state index in [1.165, 1.54) is 0 Å². The van der Waals surface area contributed by atoms with Crippen LogP contribution in [0.15, 0.2) is 49.1 Å². The first-order chi connectivity index (χ1) is 9.73. The Morgan fingerprint density at radius 3 is 2.85 bits per heavy atom. The zero-order valence-corrected chi connectivity index (χ0v) is 11.1. The van der Waals surface area contributed by atoms with Crippen molar-refractivity contribution in [1.29, 1.82) is 0 Å². The first-order valence-corrected chi connectivity index (χ1v) is 6.32. The zero-order chi connectivity index (χ0) is 14.0. The molecule has 1 aromatic carbocycles. The quantitative estimate of drug-likeness (QED) is 0.749. The molecule has 0 radical (unpaired) electrons. The van der Waals surface area contributed by atoms with Crippen molar-refractivity contribution in [3.63, 3.8) is 0 Å². The molecule has 1 atom stereocenters. The summed E-state index contributed by atoms with van der Waals surface area (Å²) in [6.45, 7) is 1.86. The highest BCUT2D eigenvalue weighted by Crippen LogP contribution is 2.26. The number of nitrogens with one attached hydrogen (secondary N) is 1. The Kier molecular flexibility index (Phi) is 3.08. The lowest BCUT2D eigenvalue weighted by Gasteiger charge is -2.29. The lowest BCUT2D eigenvalue weighted by Crippen LogP contribution is -2.36. The molecule has 2 aromatic heterocycles. The summed E-state index contributed by atoms with van der Waals surface area (Å²) in [4.78, 5) is 4.29. The normalized spacial score (nSPS) is 14.1. The lowest BCUT2D eigenvalue weighted by atomic mass is 9.93. The maximum absolute atomic E-state index is 9.79. The Balaban J connectivity index is 2.01. The minimum Gasteiger partial charge on any atom is -0.394 e. The Morgan fingerprint density at radius 1 is 1.30 bits per heavy atom. The first-order valence-electron chi connectivity index (χ1n) is 6.32. The van der Waals surface area contributed by atoms with Gasteiger partial charge in [-0.1, -0.05) is 30.3 Å². The van der Waals surface area contributed by atoms with Crippen molar-refractivity contribution in [1.82, 2.24) is 19.6 Å². The van der Waals surface area contributed by atoms with E-state index in [2.05, 4.69) is 20.5 Å². The van der Waals surface area contributed by atoms with Gasteiger partial charge in [0, 0.05) is 12.4 Å². The molecule has 0 fully saturated rings. The second-order valence-corrected chi connectivity index (χ2v) is 4.82. The van der Waals surface area contributed by atoms with Gasteiger partial charge < -0.3 is 10.4 Å². The van der Waals surface area contributed by atoms with E-state index in [1.807, 2.05) is 37.3 Å². The highest BCUT2D eigenvalue weighted by atomic mass is 16.3. The number of hydrogen-bond acceptors (Lipinski definition) is 5. The van der Waals surface area contributed by atoms with Crippen molar-refractivity contribution >= 4 is 11.5 Å². The van der Waals surface area contributed by atoms with E-state index in [-0.39, 0.29) is 6.61 Å². The molecule has 20 heavy (non-hydrogen) atoms. The van der Waals surface area contributed by atoms with Gasteiger partial charge in [-0.2, -0.15) is 0 Å². The molecular formula is C14H15N5O. The number of hydrogen-bond donors (Lipinski definition) is 2. The number of fused-ring (bicyclic) bond motifs is 1. The van der Waals surface area contributed by atoms with Gasteiger partial charge in [-0.05, 0) is 12.5 Å². The molecule has 0 bridgehead atoms. The standard InChI is InChI=1S/C14H15N5O/c1-14(9-20,11-5-3-2-4-6-11)17-12-13-18-16-10-19(13)8-7-15-12/h2-8,10,20H,9H2,1H3,(H,15,17). The third-order valence-electron chi connectivity index (χ3n) is 3.34. The fraction of sp³-hybridized carbons (Fsp3) is 0.214. The molecule has 0 saturated carbocycles. The predicted octanol–water partition coefficient (Wildman–Crippen LogP) is 1.44. The van der Waals surface area contributed by atoms with Crippen molar-refractivity contribution in [2.75, 3.05) is 11.9 Å². The number of aliphatic hydroxyl groups is 1. The summed E-state index contributed by atoms with van der Waals surface area (Å²) in [5.41, 5.74) is 0.969. The van der Waals surface area contributed by atoms with Gasteiger partial charge >= 0.3 is 0 Å². The topological polar surface area (TPSA) is 75.3 Å². The van der Waals surface area contributed by atoms with Crippen molar-refractivity contribution in [3.05, 3.63) is 54.6 Å². The van der Waals surface area contributed by atoms with E-state index in [1.54, 1.807) is 23.1 Å². The van der Waals surface area contributed by atoms with E-state index in [0.29, 0.717) is 11.5 Å². The maximum atomic E-state index is 9.79. The van der Waals surface area contributed by atoms with Crippen molar-refractivity contribution in [2.24, 2.45) is 0 Å². The zero-order valence-electron chi connectivity index (χ0n) is 11.1. The van der Waals surface area contributed by atoms with Crippen LogP contribution in [0.25, 0.3) is 5.65 Å². The van der Waals surface area contributed by atoms with Crippen molar-refractivity contribution < 1.29 is 5.11 Å². The van der Waals surface area contributed by atoms with Gasteiger partial charge in [-0.3, -0.25) is 4.40 Å². The first kappa shape index (κ1) is 12.6. The van der Waals surface area contributed by atoms with Gasteiger partial charge in [0.2, 0.25) is 5.65 Å². The molecule has 0 amide bonds. The van der Waals surface area contributed by atoms with Crippen LogP contribution < -0.4 is 5.32 Å². The van der Waals surface area contributed by atoms with Crippen molar-refractivity contribution in [2.45, 2.75) is 12.5 Å². The van der Waals surface area contributed by atoms with Crippen LogP contribution in [0.4, 0.5) is 5.82 Å². The molecule has 1 unspecified atom stereocenters. The fourth-order valence-corrected chi connectivity index (χ4v) is 2.12. The SMILES string of the molecule is CC(CO)(Nc1nccn2cnnc12)c1ccccc1. The van der Waals surface area contributed by atoms with Crippen LogP contribution in [0, 0.1) is 0 Å². The minimum absolute atomic E-state index is 0.0616. The maximum Gasteiger partial charge on any atom is 0.203 e. The molecule has 102 valence electrons. The smallest absolute Gasteiger partial charge is 0.203 e. The van der Waals surface area contributed by atoms with Crippen molar-refractivity contribution in [3.8, 4) is 0 Å². The number of aliphatic hydroxyl groups excluding tert-OH is 1. The molecule has 0 aliphatic rings. The van der Waals surface area contributed by atoms with Crippen LogP contribution in [-0.2, 0) is 5.54 Å². The van der Waals surface area contributed by atoms with Crippen LogP contribution in [0.5, 0.6) is 0 Å². The van der Waals surface area contributed by atoms with E-state index in [4.69, 9.17) is 0 Å². The van der Waals surface area contributed by atoms with E-state index in [9.17, 15) is 5.11 Å². The molecule has 0 aliphatic carbocycles. The lowest BCUT2D eigenvalue weighted by molar-refractivity contribution is 0.224. The molecule has 6 heteroatoms. The summed E-state index contributed by atoms with van der Waals surface area (Å²) in [6.07, 6.45) is 5.06. The molecule has 0 saturated heterocycles. The van der Waals surface area contributed by atoms with Crippen LogP contribution in [0.1, 0.15) is 12.5 Å². The van der Waals surface area contributed by atoms with Crippen LogP contribution in [0.2, 0.25) is 0 Å². The third-order valence-corrected chi connectivity index (χ3v) is 3.34. The van der Waals surface area contributed by atoms with Crippen LogP contribution in [-0.4, -0.2) is 31.3 Å². The Hall–Kier alpha value is -2.47. The van der Waals surface area contributed by atoms with E-state index in [0.717, 1.165) is 5.56 Å². The number of benzene rings is 1. The van der Waals surface area contributed by atoms with Gasteiger partial charge in [-0.25, -0.2) is 4.98 Å². The number of aromatic nitrogens is 4. The molecule has 2 heterocycles. The summed E-state index contributed by atoms with van der Waals surface area (Å²) in [7, 11) is 0. The Labute approximate surface area is 116 Å². The molecule has 2 N–H and O–H groups in total. The largest absolute Gasteiger partial charge is 0.394 e. The fourth-order valence-electron chi connectivity index (χ4n) is 2.12. The highest BCUT2D eigenvalue weighted by molar-refractivity contribution is 5.63. The van der Waals surface area contributed by atoms with Gasteiger partial charge in [0.1, 0.15) is 6.33 Å². The van der Waals surface area contributed by atoms with Gasteiger partial charge in [0.15, 0.2) is 5.82 Å². The van der Waals surface area contributed by atoms with E-state index < -0.39 is 5.54 Å². The molecular weight excluding hydrogens is 254 g/mol. The van der Waals surface area contributed by atoms with Gasteiger partial charge in [-0.15, -0.1) is 10.2 Å². The molecule has 0 aliphatic heterocycles. The third kappa shape index (κ3) is 2.10. The molecule has 6 nitrogen and oxygen atoms in total. The number of rotatable bonds is 4. The molecule has 0 spiro atoms. The summed E-state index contributed by atoms with van der Waals surface area (Å²) in [5, 5.41) is 21.0. The highest BCUT2D eigenvalue weighted by Gasteiger charge is 2.27.